The summed E-state index contributed by atoms with van der Waals surface area (Å²) in [6.07, 6.45) is 2.91. The predicted octanol–water partition coefficient (Wildman–Crippen LogP) is 4.16. The SMILES string of the molecule is O=Cc1cccc2ccn(Cc3ccc(Cl)cc3)c12. The maximum Gasteiger partial charge on any atom is 0.152 e. The Bertz CT molecular complexity index is 728. The van der Waals surface area contributed by atoms with E-state index in [4.69, 9.17) is 11.6 Å². The largest absolute Gasteiger partial charge is 0.342 e. The van der Waals surface area contributed by atoms with Crippen molar-refractivity contribution in [3.63, 3.8) is 0 Å². The Hall–Kier alpha value is -2.06. The first kappa shape index (κ1) is 12.0. The fraction of sp³-hybridized carbons (Fsp3) is 0.0625. The second kappa shape index (κ2) is 4.90. The molecule has 1 aromatic heterocycles. The van der Waals surface area contributed by atoms with E-state index in [-0.39, 0.29) is 0 Å². The highest BCUT2D eigenvalue weighted by Crippen LogP contribution is 2.21. The molecule has 0 bridgehead atoms. The first-order valence-electron chi connectivity index (χ1n) is 6.05. The van der Waals surface area contributed by atoms with Crippen LogP contribution in [0.5, 0.6) is 0 Å². The van der Waals surface area contributed by atoms with Gasteiger partial charge in [-0.3, -0.25) is 4.79 Å². The fourth-order valence-corrected chi connectivity index (χ4v) is 2.43. The molecule has 2 aromatic carbocycles. The average molecular weight is 270 g/mol. The average Bonchev–Trinajstić information content (AvgIpc) is 2.85. The van der Waals surface area contributed by atoms with Crippen LogP contribution in [0.2, 0.25) is 5.02 Å². The molecule has 0 radical (unpaired) electrons. The molecule has 0 saturated carbocycles. The van der Waals surface area contributed by atoms with Gasteiger partial charge in [-0.15, -0.1) is 0 Å². The molecular formula is C16H12ClNO. The summed E-state index contributed by atoms with van der Waals surface area (Å²) in [5.74, 6) is 0. The summed E-state index contributed by atoms with van der Waals surface area (Å²) in [5.41, 5.74) is 2.85. The van der Waals surface area contributed by atoms with Gasteiger partial charge < -0.3 is 4.57 Å². The van der Waals surface area contributed by atoms with Gasteiger partial charge in [-0.1, -0.05) is 35.9 Å². The number of carbonyl (C=O) groups is 1. The molecule has 0 aliphatic carbocycles. The first-order chi connectivity index (χ1) is 9.28. The van der Waals surface area contributed by atoms with Crippen LogP contribution in [0.15, 0.2) is 54.7 Å². The molecule has 3 heteroatoms. The van der Waals surface area contributed by atoms with Crippen molar-refractivity contribution >= 4 is 28.8 Å². The molecule has 0 aliphatic heterocycles. The van der Waals surface area contributed by atoms with E-state index in [1.54, 1.807) is 0 Å². The summed E-state index contributed by atoms with van der Waals surface area (Å²) >= 11 is 5.88. The Balaban J connectivity index is 2.05. The zero-order valence-electron chi connectivity index (χ0n) is 10.2. The van der Waals surface area contributed by atoms with E-state index in [9.17, 15) is 4.79 Å². The second-order valence-electron chi connectivity index (χ2n) is 4.47. The van der Waals surface area contributed by atoms with Crippen molar-refractivity contribution in [2.75, 3.05) is 0 Å². The molecule has 0 unspecified atom stereocenters. The van der Waals surface area contributed by atoms with Gasteiger partial charge in [0.1, 0.15) is 0 Å². The molecule has 3 rings (SSSR count). The van der Waals surface area contributed by atoms with Crippen LogP contribution in [-0.2, 0) is 6.54 Å². The van der Waals surface area contributed by atoms with Crippen LogP contribution < -0.4 is 0 Å². The minimum absolute atomic E-state index is 0.719. The van der Waals surface area contributed by atoms with Crippen LogP contribution in [0.3, 0.4) is 0 Å². The van der Waals surface area contributed by atoms with Crippen LogP contribution >= 0.6 is 11.6 Å². The van der Waals surface area contributed by atoms with Gasteiger partial charge in [0.15, 0.2) is 6.29 Å². The van der Waals surface area contributed by atoms with E-state index in [0.29, 0.717) is 0 Å². The number of nitrogens with zero attached hydrogens (tertiary/aromatic N) is 1. The maximum absolute atomic E-state index is 11.1. The Morgan fingerprint density at radius 1 is 1.05 bits per heavy atom. The zero-order chi connectivity index (χ0) is 13.2. The third-order valence-electron chi connectivity index (χ3n) is 3.21. The summed E-state index contributed by atoms with van der Waals surface area (Å²) < 4.78 is 2.09. The number of hydrogen-bond donors (Lipinski definition) is 0. The van der Waals surface area contributed by atoms with Gasteiger partial charge in [-0.2, -0.15) is 0 Å². The van der Waals surface area contributed by atoms with E-state index < -0.39 is 0 Å². The molecule has 94 valence electrons. The molecule has 0 spiro atoms. The molecule has 19 heavy (non-hydrogen) atoms. The highest BCUT2D eigenvalue weighted by molar-refractivity contribution is 6.30. The molecule has 3 aromatic rings. The standard InChI is InChI=1S/C16H12ClNO/c17-15-6-4-12(5-7-15)10-18-9-8-13-2-1-3-14(11-19)16(13)18/h1-9,11H,10H2. The Morgan fingerprint density at radius 3 is 2.58 bits per heavy atom. The van der Waals surface area contributed by atoms with Gasteiger partial charge in [0, 0.05) is 28.7 Å². The lowest BCUT2D eigenvalue weighted by molar-refractivity contribution is 0.112. The monoisotopic (exact) mass is 269 g/mol. The van der Waals surface area contributed by atoms with Crippen LogP contribution in [-0.4, -0.2) is 10.9 Å². The van der Waals surface area contributed by atoms with E-state index in [0.717, 1.165) is 39.9 Å². The molecule has 0 aliphatic rings. The number of aromatic nitrogens is 1. The van der Waals surface area contributed by atoms with Gasteiger partial charge in [-0.25, -0.2) is 0 Å². The molecular weight excluding hydrogens is 258 g/mol. The number of aldehydes is 1. The lowest BCUT2D eigenvalue weighted by Crippen LogP contribution is -1.99. The first-order valence-corrected chi connectivity index (χ1v) is 6.43. The third kappa shape index (κ3) is 2.27. The van der Waals surface area contributed by atoms with Gasteiger partial charge in [0.2, 0.25) is 0 Å². The van der Waals surface area contributed by atoms with Crippen molar-refractivity contribution in [3.05, 3.63) is 70.9 Å². The number of carbonyl (C=O) groups excluding carboxylic acids is 1. The molecule has 0 amide bonds. The zero-order valence-corrected chi connectivity index (χ0v) is 11.0. The van der Waals surface area contributed by atoms with Crippen molar-refractivity contribution in [2.45, 2.75) is 6.54 Å². The van der Waals surface area contributed by atoms with Gasteiger partial charge in [0.25, 0.3) is 0 Å². The van der Waals surface area contributed by atoms with Crippen LogP contribution in [0.1, 0.15) is 15.9 Å². The molecule has 0 atom stereocenters. The number of fused-ring (bicyclic) bond motifs is 1. The number of para-hydroxylation sites is 1. The van der Waals surface area contributed by atoms with Crippen molar-refractivity contribution in [1.29, 1.82) is 0 Å². The summed E-state index contributed by atoms with van der Waals surface area (Å²) in [5, 5.41) is 1.81. The van der Waals surface area contributed by atoms with Gasteiger partial charge in [0.05, 0.1) is 5.52 Å². The summed E-state index contributed by atoms with van der Waals surface area (Å²) in [6.45, 7) is 0.728. The number of hydrogen-bond acceptors (Lipinski definition) is 1. The number of rotatable bonds is 3. The van der Waals surface area contributed by atoms with E-state index >= 15 is 0 Å². The molecule has 0 saturated heterocycles. The van der Waals surface area contributed by atoms with Crippen LogP contribution in [0, 0.1) is 0 Å². The minimum atomic E-state index is 0.719. The number of halogens is 1. The Morgan fingerprint density at radius 2 is 1.84 bits per heavy atom. The van der Waals surface area contributed by atoms with Crippen molar-refractivity contribution in [2.24, 2.45) is 0 Å². The van der Waals surface area contributed by atoms with Crippen molar-refractivity contribution < 1.29 is 4.79 Å². The van der Waals surface area contributed by atoms with Crippen molar-refractivity contribution in [3.8, 4) is 0 Å². The minimum Gasteiger partial charge on any atom is -0.342 e. The smallest absolute Gasteiger partial charge is 0.152 e. The van der Waals surface area contributed by atoms with Gasteiger partial charge in [-0.05, 0) is 29.8 Å². The Labute approximate surface area is 116 Å². The topological polar surface area (TPSA) is 22.0 Å². The lowest BCUT2D eigenvalue weighted by Gasteiger charge is -2.07. The summed E-state index contributed by atoms with van der Waals surface area (Å²) in [6, 6.07) is 15.5. The molecule has 0 N–H and O–H groups in total. The van der Waals surface area contributed by atoms with E-state index in [1.165, 1.54) is 0 Å². The van der Waals surface area contributed by atoms with Crippen LogP contribution in [0.25, 0.3) is 10.9 Å². The third-order valence-corrected chi connectivity index (χ3v) is 3.46. The van der Waals surface area contributed by atoms with Crippen LogP contribution in [0.4, 0.5) is 0 Å². The highest BCUT2D eigenvalue weighted by Gasteiger charge is 2.06. The Kier molecular flexibility index (Phi) is 3.10. The molecule has 0 fully saturated rings. The number of benzene rings is 2. The normalized spacial score (nSPS) is 10.8. The van der Waals surface area contributed by atoms with E-state index in [1.807, 2.05) is 54.7 Å². The summed E-state index contributed by atoms with van der Waals surface area (Å²) in [7, 11) is 0. The molecule has 2 nitrogen and oxygen atoms in total. The predicted molar refractivity (Wildman–Crippen MR) is 77.9 cm³/mol. The van der Waals surface area contributed by atoms with E-state index in [2.05, 4.69) is 4.57 Å². The maximum atomic E-state index is 11.1. The molecule has 1 heterocycles. The summed E-state index contributed by atoms with van der Waals surface area (Å²) in [4.78, 5) is 11.1. The second-order valence-corrected chi connectivity index (χ2v) is 4.91. The lowest BCUT2D eigenvalue weighted by atomic mass is 10.1. The highest BCUT2D eigenvalue weighted by atomic mass is 35.5. The quantitative estimate of drug-likeness (QED) is 0.655. The van der Waals surface area contributed by atoms with Gasteiger partial charge >= 0.3 is 0 Å². The van der Waals surface area contributed by atoms with Crippen molar-refractivity contribution in [1.82, 2.24) is 4.57 Å². The fourth-order valence-electron chi connectivity index (χ4n) is 2.30.